The van der Waals surface area contributed by atoms with Crippen LogP contribution in [0.4, 0.5) is 0 Å². The van der Waals surface area contributed by atoms with E-state index >= 15 is 0 Å². The lowest BCUT2D eigenvalue weighted by Gasteiger charge is -2.32. The summed E-state index contributed by atoms with van der Waals surface area (Å²) in [6.45, 7) is 5.06. The second kappa shape index (κ2) is 6.46. The molecule has 1 amide bonds. The van der Waals surface area contributed by atoms with E-state index in [9.17, 15) is 4.79 Å². The summed E-state index contributed by atoms with van der Waals surface area (Å²) in [6, 6.07) is 2.84. The van der Waals surface area contributed by atoms with Gasteiger partial charge in [-0.25, -0.2) is 0 Å². The van der Waals surface area contributed by atoms with Crippen LogP contribution in [-0.2, 0) is 17.8 Å². The maximum Gasteiger partial charge on any atom is 0.223 e. The van der Waals surface area contributed by atoms with Crippen LogP contribution < -0.4 is 11.1 Å². The number of rotatable bonds is 4. The Labute approximate surface area is 130 Å². The van der Waals surface area contributed by atoms with E-state index in [1.165, 1.54) is 10.4 Å². The summed E-state index contributed by atoms with van der Waals surface area (Å²) in [7, 11) is 0. The van der Waals surface area contributed by atoms with Crippen LogP contribution in [0, 0.1) is 5.92 Å². The van der Waals surface area contributed by atoms with Crippen LogP contribution in [0.15, 0.2) is 11.4 Å². The fraction of sp³-hybridized carbons (Fsp3) is 0.688. The largest absolute Gasteiger partial charge is 0.354 e. The predicted molar refractivity (Wildman–Crippen MR) is 86.2 cm³/mol. The second-order valence-electron chi connectivity index (χ2n) is 6.45. The van der Waals surface area contributed by atoms with Gasteiger partial charge in [-0.15, -0.1) is 11.3 Å². The van der Waals surface area contributed by atoms with Crippen molar-refractivity contribution in [3.05, 3.63) is 21.9 Å². The third-order valence-corrected chi connectivity index (χ3v) is 5.90. The van der Waals surface area contributed by atoms with Gasteiger partial charge in [-0.2, -0.15) is 0 Å². The summed E-state index contributed by atoms with van der Waals surface area (Å²) in [6.07, 6.45) is 3.93. The lowest BCUT2D eigenvalue weighted by Crippen LogP contribution is -2.45. The molecule has 1 saturated carbocycles. The Bertz CT molecular complexity index is 501. The molecular formula is C16H25N3OS. The van der Waals surface area contributed by atoms with Gasteiger partial charge in [-0.05, 0) is 49.6 Å². The number of nitrogens with one attached hydrogen (secondary N) is 1. The van der Waals surface area contributed by atoms with Crippen molar-refractivity contribution in [2.75, 3.05) is 13.1 Å². The Morgan fingerprint density at radius 1 is 1.57 bits per heavy atom. The molecule has 3 unspecified atom stereocenters. The first-order chi connectivity index (χ1) is 10.1. The van der Waals surface area contributed by atoms with E-state index in [0.29, 0.717) is 6.04 Å². The average Bonchev–Trinajstić information content (AvgIpc) is 3.12. The number of fused-ring (bicyclic) bond motifs is 1. The second-order valence-corrected chi connectivity index (χ2v) is 7.45. The molecular weight excluding hydrogens is 282 g/mol. The summed E-state index contributed by atoms with van der Waals surface area (Å²) < 4.78 is 0. The van der Waals surface area contributed by atoms with Crippen LogP contribution in [-0.4, -0.2) is 36.0 Å². The van der Waals surface area contributed by atoms with Crippen LogP contribution in [0.1, 0.15) is 36.6 Å². The lowest BCUT2D eigenvalue weighted by atomic mass is 10.1. The molecule has 2 aliphatic rings. The highest BCUT2D eigenvalue weighted by atomic mass is 32.1. The number of amides is 1. The molecule has 4 nitrogen and oxygen atoms in total. The molecule has 3 atom stereocenters. The molecule has 0 aromatic carbocycles. The molecule has 116 valence electrons. The topological polar surface area (TPSA) is 58.4 Å². The maximum absolute atomic E-state index is 12.2. The molecule has 2 heterocycles. The third kappa shape index (κ3) is 3.47. The third-order valence-electron chi connectivity index (χ3n) is 4.88. The highest BCUT2D eigenvalue weighted by molar-refractivity contribution is 7.10. The normalized spacial score (nSPS) is 27.3. The minimum absolute atomic E-state index is 0.136. The summed E-state index contributed by atoms with van der Waals surface area (Å²) >= 11 is 1.87. The van der Waals surface area contributed by atoms with Gasteiger partial charge >= 0.3 is 0 Å². The summed E-state index contributed by atoms with van der Waals surface area (Å²) in [5.74, 6) is 0.333. The van der Waals surface area contributed by atoms with Gasteiger partial charge in [0.1, 0.15) is 0 Å². The molecule has 0 spiro atoms. The average molecular weight is 307 g/mol. The first-order valence-corrected chi connectivity index (χ1v) is 8.84. The van der Waals surface area contributed by atoms with E-state index in [1.54, 1.807) is 0 Å². The van der Waals surface area contributed by atoms with E-state index in [2.05, 4.69) is 28.6 Å². The summed E-state index contributed by atoms with van der Waals surface area (Å²) in [5, 5.41) is 5.31. The number of carbonyl (C=O) groups is 1. The zero-order valence-electron chi connectivity index (χ0n) is 12.7. The van der Waals surface area contributed by atoms with Gasteiger partial charge < -0.3 is 11.1 Å². The van der Waals surface area contributed by atoms with Gasteiger partial charge in [0.2, 0.25) is 5.91 Å². The Hall–Kier alpha value is -0.910. The van der Waals surface area contributed by atoms with Crippen molar-refractivity contribution in [3.63, 3.8) is 0 Å². The van der Waals surface area contributed by atoms with Crippen LogP contribution >= 0.6 is 11.3 Å². The van der Waals surface area contributed by atoms with E-state index in [0.717, 1.165) is 45.3 Å². The minimum Gasteiger partial charge on any atom is -0.354 e. The Kier molecular flexibility index (Phi) is 4.62. The molecule has 1 aromatic rings. The van der Waals surface area contributed by atoms with Crippen molar-refractivity contribution >= 4 is 17.2 Å². The fourth-order valence-corrected chi connectivity index (χ4v) is 4.31. The van der Waals surface area contributed by atoms with Crippen LogP contribution in [0.5, 0.6) is 0 Å². The molecule has 0 radical (unpaired) electrons. The van der Waals surface area contributed by atoms with E-state index in [4.69, 9.17) is 5.73 Å². The molecule has 3 N–H and O–H groups in total. The molecule has 0 bridgehead atoms. The van der Waals surface area contributed by atoms with Gasteiger partial charge in [-0.3, -0.25) is 9.69 Å². The predicted octanol–water partition coefficient (Wildman–Crippen LogP) is 1.74. The molecule has 1 fully saturated rings. The first-order valence-electron chi connectivity index (χ1n) is 7.96. The molecule has 1 aliphatic carbocycles. The van der Waals surface area contributed by atoms with Crippen LogP contribution in [0.3, 0.4) is 0 Å². The molecule has 0 saturated heterocycles. The van der Waals surface area contributed by atoms with Gasteiger partial charge in [-0.1, -0.05) is 0 Å². The van der Waals surface area contributed by atoms with Crippen molar-refractivity contribution in [1.82, 2.24) is 10.2 Å². The lowest BCUT2D eigenvalue weighted by molar-refractivity contribution is -0.125. The first kappa shape index (κ1) is 15.0. The number of nitrogens with zero attached hydrogens (tertiary/aromatic N) is 1. The van der Waals surface area contributed by atoms with E-state index in [-0.39, 0.29) is 17.9 Å². The minimum atomic E-state index is 0.136. The number of carbonyl (C=O) groups excluding carboxylic acids is 1. The van der Waals surface area contributed by atoms with Crippen molar-refractivity contribution < 1.29 is 4.79 Å². The van der Waals surface area contributed by atoms with E-state index < -0.39 is 0 Å². The fourth-order valence-electron chi connectivity index (χ4n) is 3.42. The molecule has 5 heteroatoms. The standard InChI is InChI=1S/C16H25N3OS/c1-11(9-18-16(20)12-2-3-14(17)8-12)19-6-4-15-13(10-19)5-7-21-15/h5,7,11-12,14H,2-4,6,8-10,17H2,1H3,(H,18,20). The number of hydrogen-bond donors (Lipinski definition) is 2. The van der Waals surface area contributed by atoms with E-state index in [1.807, 2.05) is 11.3 Å². The zero-order chi connectivity index (χ0) is 14.8. The summed E-state index contributed by atoms with van der Waals surface area (Å²) in [4.78, 5) is 16.1. The summed E-state index contributed by atoms with van der Waals surface area (Å²) in [5.41, 5.74) is 7.35. The Morgan fingerprint density at radius 2 is 2.43 bits per heavy atom. The van der Waals surface area contributed by atoms with Crippen molar-refractivity contribution in [2.24, 2.45) is 11.7 Å². The molecule has 3 rings (SSSR count). The van der Waals surface area contributed by atoms with Crippen LogP contribution in [0.2, 0.25) is 0 Å². The zero-order valence-corrected chi connectivity index (χ0v) is 13.5. The monoisotopic (exact) mass is 307 g/mol. The quantitative estimate of drug-likeness (QED) is 0.891. The van der Waals surface area contributed by atoms with Gasteiger partial charge in [0.15, 0.2) is 0 Å². The molecule has 1 aromatic heterocycles. The van der Waals surface area contributed by atoms with Gasteiger partial charge in [0, 0.05) is 42.5 Å². The number of nitrogens with two attached hydrogens (primary N) is 1. The van der Waals surface area contributed by atoms with Crippen molar-refractivity contribution in [1.29, 1.82) is 0 Å². The Morgan fingerprint density at radius 3 is 3.19 bits per heavy atom. The highest BCUT2D eigenvalue weighted by Gasteiger charge is 2.28. The maximum atomic E-state index is 12.2. The van der Waals surface area contributed by atoms with Gasteiger partial charge in [0.05, 0.1) is 0 Å². The molecule has 21 heavy (non-hydrogen) atoms. The SMILES string of the molecule is CC(CNC(=O)C1CCC(N)C1)N1CCc2sccc2C1. The smallest absolute Gasteiger partial charge is 0.223 e. The number of hydrogen-bond acceptors (Lipinski definition) is 4. The van der Waals surface area contributed by atoms with Crippen LogP contribution in [0.25, 0.3) is 0 Å². The van der Waals surface area contributed by atoms with Crippen molar-refractivity contribution in [3.8, 4) is 0 Å². The highest BCUT2D eigenvalue weighted by Crippen LogP contribution is 2.26. The Balaban J connectivity index is 1.46. The molecule has 1 aliphatic heterocycles. The van der Waals surface area contributed by atoms with Gasteiger partial charge in [0.25, 0.3) is 0 Å². The van der Waals surface area contributed by atoms with Crippen molar-refractivity contribution in [2.45, 2.75) is 51.2 Å². The number of thiophene rings is 1.